The summed E-state index contributed by atoms with van der Waals surface area (Å²) < 4.78 is 0. The highest BCUT2D eigenvalue weighted by Gasteiger charge is 2.27. The van der Waals surface area contributed by atoms with Crippen LogP contribution in [-0.2, 0) is 6.54 Å². The summed E-state index contributed by atoms with van der Waals surface area (Å²) in [6.07, 6.45) is 6.73. The van der Waals surface area contributed by atoms with Gasteiger partial charge < -0.3 is 15.7 Å². The number of nitrogens with one attached hydrogen (secondary N) is 2. The van der Waals surface area contributed by atoms with Gasteiger partial charge in [-0.25, -0.2) is 9.78 Å². The van der Waals surface area contributed by atoms with E-state index in [2.05, 4.69) is 21.0 Å². The number of aliphatic hydroxyl groups excluding tert-OH is 1. The Labute approximate surface area is 129 Å². The van der Waals surface area contributed by atoms with Crippen LogP contribution >= 0.6 is 11.3 Å². The number of nitrogens with zero attached hydrogens (tertiary/aromatic N) is 1. The van der Waals surface area contributed by atoms with Crippen LogP contribution in [0.4, 0.5) is 4.79 Å². The summed E-state index contributed by atoms with van der Waals surface area (Å²) in [6, 6.07) is -0.0504. The number of aromatic nitrogens is 1. The van der Waals surface area contributed by atoms with Crippen molar-refractivity contribution in [1.82, 2.24) is 15.6 Å². The summed E-state index contributed by atoms with van der Waals surface area (Å²) >= 11 is 1.62. The first kappa shape index (κ1) is 14.8. The van der Waals surface area contributed by atoms with Crippen molar-refractivity contribution in [3.8, 4) is 0 Å². The van der Waals surface area contributed by atoms with Gasteiger partial charge in [0.15, 0.2) is 0 Å². The van der Waals surface area contributed by atoms with Gasteiger partial charge in [0, 0.05) is 29.9 Å². The minimum Gasteiger partial charge on any atom is -0.396 e. The van der Waals surface area contributed by atoms with Crippen LogP contribution in [0.2, 0.25) is 0 Å². The largest absolute Gasteiger partial charge is 0.396 e. The fraction of sp³-hybridized carbons (Fsp3) is 0.733. The fourth-order valence-electron chi connectivity index (χ4n) is 2.96. The second-order valence-electron chi connectivity index (χ2n) is 6.10. The third-order valence-corrected chi connectivity index (χ3v) is 5.29. The molecule has 1 aromatic heterocycles. The SMILES string of the molecule is O=C(NCc1nc(C2CC2)cs1)NC1CCCCC1CO. The highest BCUT2D eigenvalue weighted by atomic mass is 32.1. The van der Waals surface area contributed by atoms with Gasteiger partial charge in [0.25, 0.3) is 0 Å². The zero-order chi connectivity index (χ0) is 14.7. The van der Waals surface area contributed by atoms with E-state index < -0.39 is 0 Å². The van der Waals surface area contributed by atoms with E-state index in [4.69, 9.17) is 0 Å². The normalized spacial score (nSPS) is 25.6. The van der Waals surface area contributed by atoms with Crippen LogP contribution in [0.5, 0.6) is 0 Å². The first-order valence-electron chi connectivity index (χ1n) is 7.86. The molecule has 0 aliphatic heterocycles. The first-order valence-corrected chi connectivity index (χ1v) is 8.73. The third-order valence-electron chi connectivity index (χ3n) is 4.43. The van der Waals surface area contributed by atoms with Gasteiger partial charge in [-0.2, -0.15) is 0 Å². The predicted molar refractivity (Wildman–Crippen MR) is 82.3 cm³/mol. The van der Waals surface area contributed by atoms with E-state index in [1.807, 2.05) is 0 Å². The maximum atomic E-state index is 12.0. The van der Waals surface area contributed by atoms with Crippen molar-refractivity contribution in [3.63, 3.8) is 0 Å². The molecule has 0 spiro atoms. The lowest BCUT2D eigenvalue weighted by atomic mass is 9.85. The molecule has 2 aliphatic rings. The van der Waals surface area contributed by atoms with Gasteiger partial charge in [-0.15, -0.1) is 11.3 Å². The summed E-state index contributed by atoms with van der Waals surface area (Å²) in [5.74, 6) is 0.863. The molecular formula is C15H23N3O2S. The third kappa shape index (κ3) is 3.95. The van der Waals surface area contributed by atoms with Gasteiger partial charge in [-0.05, 0) is 25.7 Å². The number of urea groups is 1. The lowest BCUT2D eigenvalue weighted by Gasteiger charge is -2.30. The molecule has 1 aromatic rings. The Morgan fingerprint density at radius 3 is 2.90 bits per heavy atom. The van der Waals surface area contributed by atoms with Crippen molar-refractivity contribution in [3.05, 3.63) is 16.1 Å². The van der Waals surface area contributed by atoms with Gasteiger partial charge >= 0.3 is 6.03 Å². The molecular weight excluding hydrogens is 286 g/mol. The Hall–Kier alpha value is -1.14. The smallest absolute Gasteiger partial charge is 0.315 e. The van der Waals surface area contributed by atoms with E-state index >= 15 is 0 Å². The molecule has 2 atom stereocenters. The van der Waals surface area contributed by atoms with Crippen LogP contribution < -0.4 is 10.6 Å². The van der Waals surface area contributed by atoms with Gasteiger partial charge in [0.05, 0.1) is 12.2 Å². The number of carbonyl (C=O) groups is 1. The highest BCUT2D eigenvalue weighted by Crippen LogP contribution is 2.40. The highest BCUT2D eigenvalue weighted by molar-refractivity contribution is 7.09. The van der Waals surface area contributed by atoms with Crippen molar-refractivity contribution in [2.24, 2.45) is 5.92 Å². The molecule has 2 aliphatic carbocycles. The molecule has 2 fully saturated rings. The van der Waals surface area contributed by atoms with Gasteiger partial charge in [-0.3, -0.25) is 0 Å². The number of hydrogen-bond acceptors (Lipinski definition) is 4. The first-order chi connectivity index (χ1) is 10.3. The molecule has 2 saturated carbocycles. The van der Waals surface area contributed by atoms with Gasteiger partial charge in [0.1, 0.15) is 5.01 Å². The number of hydrogen-bond donors (Lipinski definition) is 3. The Morgan fingerprint density at radius 1 is 1.33 bits per heavy atom. The second-order valence-corrected chi connectivity index (χ2v) is 7.04. The van der Waals surface area contributed by atoms with Crippen LogP contribution in [0.15, 0.2) is 5.38 Å². The molecule has 2 unspecified atom stereocenters. The molecule has 0 bridgehead atoms. The Bertz CT molecular complexity index is 487. The van der Waals surface area contributed by atoms with E-state index in [0.29, 0.717) is 12.5 Å². The monoisotopic (exact) mass is 309 g/mol. The minimum atomic E-state index is -0.150. The van der Waals surface area contributed by atoms with Crippen LogP contribution in [-0.4, -0.2) is 28.8 Å². The van der Waals surface area contributed by atoms with Gasteiger partial charge in [0.2, 0.25) is 0 Å². The molecule has 1 heterocycles. The Balaban J connectivity index is 1.44. The molecule has 0 saturated heterocycles. The summed E-state index contributed by atoms with van der Waals surface area (Å²) in [4.78, 5) is 16.5. The summed E-state index contributed by atoms with van der Waals surface area (Å²) in [6.45, 7) is 0.641. The van der Waals surface area contributed by atoms with E-state index in [0.717, 1.165) is 30.7 Å². The van der Waals surface area contributed by atoms with Crippen molar-refractivity contribution < 1.29 is 9.90 Å². The maximum Gasteiger partial charge on any atom is 0.315 e. The molecule has 21 heavy (non-hydrogen) atoms. The molecule has 5 nitrogen and oxygen atoms in total. The molecule has 0 aromatic carbocycles. The molecule has 6 heteroatoms. The summed E-state index contributed by atoms with van der Waals surface area (Å²) in [7, 11) is 0. The molecule has 3 rings (SSSR count). The summed E-state index contributed by atoms with van der Waals surface area (Å²) in [5.41, 5.74) is 1.19. The number of rotatable bonds is 5. The predicted octanol–water partition coefficient (Wildman–Crippen LogP) is 2.37. The van der Waals surface area contributed by atoms with E-state index in [9.17, 15) is 9.90 Å². The average Bonchev–Trinajstić information content (AvgIpc) is 3.25. The second kappa shape index (κ2) is 6.75. The lowest BCUT2D eigenvalue weighted by Crippen LogP contribution is -2.47. The Morgan fingerprint density at radius 2 is 2.14 bits per heavy atom. The fourth-order valence-corrected chi connectivity index (χ4v) is 3.78. The molecule has 116 valence electrons. The molecule has 2 amide bonds. The minimum absolute atomic E-state index is 0.0991. The molecule has 0 radical (unpaired) electrons. The van der Waals surface area contributed by atoms with E-state index in [-0.39, 0.29) is 24.6 Å². The summed E-state index contributed by atoms with van der Waals surface area (Å²) in [5, 5.41) is 18.3. The number of carbonyl (C=O) groups excluding carboxylic acids is 1. The van der Waals surface area contributed by atoms with Crippen LogP contribution in [0.1, 0.15) is 55.1 Å². The van der Waals surface area contributed by atoms with Crippen molar-refractivity contribution in [2.75, 3.05) is 6.61 Å². The van der Waals surface area contributed by atoms with E-state index in [1.54, 1.807) is 11.3 Å². The van der Waals surface area contributed by atoms with Crippen molar-refractivity contribution in [2.45, 2.75) is 57.0 Å². The number of aliphatic hydroxyl groups is 1. The quantitative estimate of drug-likeness (QED) is 0.782. The van der Waals surface area contributed by atoms with E-state index in [1.165, 1.54) is 18.5 Å². The zero-order valence-electron chi connectivity index (χ0n) is 12.2. The van der Waals surface area contributed by atoms with Crippen molar-refractivity contribution in [1.29, 1.82) is 0 Å². The average molecular weight is 309 g/mol. The van der Waals surface area contributed by atoms with Crippen LogP contribution in [0.3, 0.4) is 0 Å². The van der Waals surface area contributed by atoms with Crippen LogP contribution in [0, 0.1) is 5.92 Å². The Kier molecular flexibility index (Phi) is 4.75. The topological polar surface area (TPSA) is 74.2 Å². The standard InChI is InChI=1S/C15H23N3O2S/c19-8-11-3-1-2-4-12(11)18-15(20)16-7-14-17-13(9-21-14)10-5-6-10/h9-12,19H,1-8H2,(H2,16,18,20). The molecule has 3 N–H and O–H groups in total. The zero-order valence-corrected chi connectivity index (χ0v) is 13.0. The maximum absolute atomic E-state index is 12.0. The lowest BCUT2D eigenvalue weighted by molar-refractivity contribution is 0.153. The van der Waals surface area contributed by atoms with Crippen LogP contribution in [0.25, 0.3) is 0 Å². The number of thiazole rings is 1. The van der Waals surface area contributed by atoms with Crippen molar-refractivity contribution >= 4 is 17.4 Å². The van der Waals surface area contributed by atoms with Gasteiger partial charge in [-0.1, -0.05) is 12.8 Å². The number of amides is 2.